The van der Waals surface area contributed by atoms with Crippen molar-refractivity contribution in [2.45, 2.75) is 33.4 Å². The van der Waals surface area contributed by atoms with E-state index in [9.17, 15) is 0 Å². The van der Waals surface area contributed by atoms with Gasteiger partial charge in [-0.1, -0.05) is 26.0 Å². The number of fused-ring (bicyclic) bond motifs is 1. The van der Waals surface area contributed by atoms with Crippen LogP contribution in [0.2, 0.25) is 0 Å². The van der Waals surface area contributed by atoms with Crippen LogP contribution in [0.5, 0.6) is 0 Å². The van der Waals surface area contributed by atoms with Crippen LogP contribution in [0.4, 0.5) is 0 Å². The molecule has 0 radical (unpaired) electrons. The highest BCUT2D eigenvalue weighted by Gasteiger charge is 2.11. The van der Waals surface area contributed by atoms with Gasteiger partial charge in [-0.2, -0.15) is 0 Å². The monoisotopic (exact) mass is 245 g/mol. The maximum atomic E-state index is 4.75. The Morgan fingerprint density at radius 1 is 1.22 bits per heavy atom. The molecule has 0 spiro atoms. The minimum Gasteiger partial charge on any atom is -0.327 e. The molecule has 98 valence electrons. The van der Waals surface area contributed by atoms with E-state index in [0.29, 0.717) is 0 Å². The van der Waals surface area contributed by atoms with E-state index in [4.69, 9.17) is 4.98 Å². The molecule has 0 fully saturated rings. The molecule has 3 heteroatoms. The highest BCUT2D eigenvalue weighted by Crippen LogP contribution is 2.18. The molecule has 0 atom stereocenters. The maximum absolute atomic E-state index is 4.75. The Hall–Kier alpha value is -1.35. The van der Waals surface area contributed by atoms with Gasteiger partial charge in [0, 0.05) is 6.54 Å². The molecule has 2 rings (SSSR count). The van der Waals surface area contributed by atoms with Gasteiger partial charge in [-0.25, -0.2) is 4.98 Å². The summed E-state index contributed by atoms with van der Waals surface area (Å²) in [5, 5.41) is 0. The first-order valence-corrected chi connectivity index (χ1v) is 6.67. The number of benzene rings is 1. The van der Waals surface area contributed by atoms with Crippen LogP contribution in [-0.4, -0.2) is 28.5 Å². The van der Waals surface area contributed by atoms with Crippen LogP contribution in [-0.2, 0) is 13.1 Å². The molecule has 0 aliphatic carbocycles. The summed E-state index contributed by atoms with van der Waals surface area (Å²) in [6.45, 7) is 6.49. The Morgan fingerprint density at radius 3 is 2.61 bits per heavy atom. The first-order chi connectivity index (χ1) is 8.58. The van der Waals surface area contributed by atoms with Crippen molar-refractivity contribution in [2.24, 2.45) is 5.92 Å². The van der Waals surface area contributed by atoms with Crippen molar-refractivity contribution >= 4 is 11.0 Å². The zero-order chi connectivity index (χ0) is 13.1. The molecule has 0 amide bonds. The summed E-state index contributed by atoms with van der Waals surface area (Å²) < 4.78 is 2.37. The van der Waals surface area contributed by atoms with Gasteiger partial charge in [-0.05, 0) is 38.6 Å². The molecular formula is C15H23N3. The second kappa shape index (κ2) is 5.53. The van der Waals surface area contributed by atoms with Crippen molar-refractivity contribution in [1.82, 2.24) is 14.5 Å². The van der Waals surface area contributed by atoms with E-state index < -0.39 is 0 Å². The second-order valence-electron chi connectivity index (χ2n) is 5.59. The number of aromatic nitrogens is 2. The number of hydrogen-bond acceptors (Lipinski definition) is 2. The van der Waals surface area contributed by atoms with E-state index >= 15 is 0 Å². The van der Waals surface area contributed by atoms with E-state index in [0.717, 1.165) is 24.5 Å². The fourth-order valence-electron chi connectivity index (χ4n) is 2.17. The third kappa shape index (κ3) is 2.91. The van der Waals surface area contributed by atoms with Crippen molar-refractivity contribution in [1.29, 1.82) is 0 Å². The molecule has 2 aromatic rings. The molecule has 1 aromatic carbocycles. The predicted molar refractivity (Wildman–Crippen MR) is 76.6 cm³/mol. The van der Waals surface area contributed by atoms with Gasteiger partial charge < -0.3 is 9.47 Å². The van der Waals surface area contributed by atoms with E-state index in [-0.39, 0.29) is 0 Å². The van der Waals surface area contributed by atoms with Crippen molar-refractivity contribution in [3.05, 3.63) is 30.1 Å². The van der Waals surface area contributed by atoms with Crippen LogP contribution < -0.4 is 0 Å². The van der Waals surface area contributed by atoms with Gasteiger partial charge in [0.15, 0.2) is 0 Å². The number of imidazole rings is 1. The zero-order valence-electron chi connectivity index (χ0n) is 11.8. The predicted octanol–water partition coefficient (Wildman–Crippen LogP) is 3.14. The van der Waals surface area contributed by atoms with Crippen molar-refractivity contribution in [3.8, 4) is 0 Å². The summed E-state index contributed by atoms with van der Waals surface area (Å²) >= 11 is 0. The van der Waals surface area contributed by atoms with E-state index in [2.05, 4.69) is 61.7 Å². The highest BCUT2D eigenvalue weighted by atomic mass is 15.2. The van der Waals surface area contributed by atoms with Gasteiger partial charge in [-0.3, -0.25) is 0 Å². The average molecular weight is 245 g/mol. The zero-order valence-corrected chi connectivity index (χ0v) is 11.8. The molecule has 3 nitrogen and oxygen atoms in total. The average Bonchev–Trinajstić information content (AvgIpc) is 2.62. The van der Waals surface area contributed by atoms with E-state index in [1.807, 2.05) is 0 Å². The molecule has 0 aliphatic rings. The molecule has 1 aromatic heterocycles. The maximum Gasteiger partial charge on any atom is 0.124 e. The normalized spacial score (nSPS) is 11.9. The van der Waals surface area contributed by atoms with Crippen LogP contribution in [0.1, 0.15) is 26.1 Å². The molecule has 0 bridgehead atoms. The van der Waals surface area contributed by atoms with Gasteiger partial charge >= 0.3 is 0 Å². The summed E-state index contributed by atoms with van der Waals surface area (Å²) in [5.41, 5.74) is 2.37. The summed E-state index contributed by atoms with van der Waals surface area (Å²) in [5.74, 6) is 1.89. The Labute approximate surface area is 109 Å². The Balaban J connectivity index is 2.37. The fourth-order valence-corrected chi connectivity index (χ4v) is 2.17. The van der Waals surface area contributed by atoms with Crippen molar-refractivity contribution in [2.75, 3.05) is 14.1 Å². The lowest BCUT2D eigenvalue weighted by atomic mass is 10.1. The largest absolute Gasteiger partial charge is 0.327 e. The first-order valence-electron chi connectivity index (χ1n) is 6.67. The number of nitrogens with zero attached hydrogens (tertiary/aromatic N) is 3. The van der Waals surface area contributed by atoms with Crippen LogP contribution in [0.3, 0.4) is 0 Å². The molecule has 1 heterocycles. The molecule has 18 heavy (non-hydrogen) atoms. The lowest BCUT2D eigenvalue weighted by molar-refractivity contribution is 0.377. The molecule has 0 unspecified atom stereocenters. The third-order valence-electron chi connectivity index (χ3n) is 3.12. The quantitative estimate of drug-likeness (QED) is 0.807. The molecular weight excluding hydrogens is 222 g/mol. The van der Waals surface area contributed by atoms with Crippen molar-refractivity contribution in [3.63, 3.8) is 0 Å². The number of para-hydroxylation sites is 2. The lowest BCUT2D eigenvalue weighted by Gasteiger charge is -2.13. The van der Waals surface area contributed by atoms with E-state index in [1.165, 1.54) is 17.8 Å². The molecule has 0 saturated heterocycles. The van der Waals surface area contributed by atoms with Gasteiger partial charge in [0.2, 0.25) is 0 Å². The SMILES string of the molecule is CC(C)CCn1c(CN(C)C)nc2ccccc21. The van der Waals surface area contributed by atoms with Gasteiger partial charge in [-0.15, -0.1) is 0 Å². The minimum absolute atomic E-state index is 0.721. The van der Waals surface area contributed by atoms with Gasteiger partial charge in [0.05, 0.1) is 17.6 Å². The molecule has 0 aliphatic heterocycles. The van der Waals surface area contributed by atoms with Gasteiger partial charge in [0.25, 0.3) is 0 Å². The van der Waals surface area contributed by atoms with Crippen LogP contribution in [0.15, 0.2) is 24.3 Å². The first kappa shape index (κ1) is 13.1. The summed E-state index contributed by atoms with van der Waals surface area (Å²) in [6.07, 6.45) is 1.20. The summed E-state index contributed by atoms with van der Waals surface area (Å²) in [7, 11) is 4.18. The molecule has 0 N–H and O–H groups in total. The number of rotatable bonds is 5. The fraction of sp³-hybridized carbons (Fsp3) is 0.533. The highest BCUT2D eigenvalue weighted by molar-refractivity contribution is 5.75. The molecule has 0 saturated carbocycles. The Kier molecular flexibility index (Phi) is 4.02. The number of hydrogen-bond donors (Lipinski definition) is 0. The Bertz CT molecular complexity index is 511. The lowest BCUT2D eigenvalue weighted by Crippen LogP contribution is -2.16. The van der Waals surface area contributed by atoms with Crippen LogP contribution >= 0.6 is 0 Å². The standard InChI is InChI=1S/C15H23N3/c1-12(2)9-10-18-14-8-6-5-7-13(14)16-15(18)11-17(3)4/h5-8,12H,9-11H2,1-4H3. The Morgan fingerprint density at radius 2 is 1.94 bits per heavy atom. The van der Waals surface area contributed by atoms with Crippen LogP contribution in [0.25, 0.3) is 11.0 Å². The topological polar surface area (TPSA) is 21.1 Å². The van der Waals surface area contributed by atoms with Crippen LogP contribution in [0, 0.1) is 5.92 Å². The summed E-state index contributed by atoms with van der Waals surface area (Å²) in [4.78, 5) is 6.93. The number of aryl methyl sites for hydroxylation is 1. The smallest absolute Gasteiger partial charge is 0.124 e. The summed E-state index contributed by atoms with van der Waals surface area (Å²) in [6, 6.07) is 8.42. The minimum atomic E-state index is 0.721. The van der Waals surface area contributed by atoms with Crippen molar-refractivity contribution < 1.29 is 0 Å². The third-order valence-corrected chi connectivity index (χ3v) is 3.12. The van der Waals surface area contributed by atoms with E-state index in [1.54, 1.807) is 0 Å². The van der Waals surface area contributed by atoms with Gasteiger partial charge in [0.1, 0.15) is 5.82 Å². The second-order valence-corrected chi connectivity index (χ2v) is 5.59.